The number of rotatable bonds is 2. The van der Waals surface area contributed by atoms with Crippen LogP contribution in [0.15, 0.2) is 12.1 Å². The molecule has 1 unspecified atom stereocenters. The monoisotopic (exact) mass is 263 g/mol. The molecule has 0 bridgehead atoms. The first-order valence-corrected chi connectivity index (χ1v) is 6.85. The molecule has 3 rings (SSSR count). The standard InChI is InChI=1S/C14H18ClN3/c1-9-5-11(15)7-12-14(9)17-13(18(12)2)6-10-3-4-16-8-10/h5,7,10,16H,3-4,6,8H2,1-2H3. The molecule has 0 spiro atoms. The summed E-state index contributed by atoms with van der Waals surface area (Å²) >= 11 is 6.12. The zero-order valence-corrected chi connectivity index (χ0v) is 11.6. The Hall–Kier alpha value is -1.06. The van der Waals surface area contributed by atoms with Gasteiger partial charge in [-0.05, 0) is 50.0 Å². The second-order valence-corrected chi connectivity index (χ2v) is 5.68. The number of aromatic nitrogens is 2. The van der Waals surface area contributed by atoms with E-state index >= 15 is 0 Å². The van der Waals surface area contributed by atoms with Crippen LogP contribution in [0.2, 0.25) is 5.02 Å². The van der Waals surface area contributed by atoms with E-state index in [-0.39, 0.29) is 0 Å². The van der Waals surface area contributed by atoms with E-state index in [1.165, 1.54) is 12.2 Å². The lowest BCUT2D eigenvalue weighted by atomic mass is 10.0. The largest absolute Gasteiger partial charge is 0.331 e. The number of nitrogens with zero attached hydrogens (tertiary/aromatic N) is 2. The lowest BCUT2D eigenvalue weighted by Gasteiger charge is -2.07. The Labute approximate surface area is 112 Å². The number of imidazole rings is 1. The molecule has 0 amide bonds. The highest BCUT2D eigenvalue weighted by atomic mass is 35.5. The topological polar surface area (TPSA) is 29.9 Å². The van der Waals surface area contributed by atoms with Gasteiger partial charge in [0.15, 0.2) is 0 Å². The van der Waals surface area contributed by atoms with Crippen molar-refractivity contribution in [2.75, 3.05) is 13.1 Å². The van der Waals surface area contributed by atoms with E-state index in [9.17, 15) is 0 Å². The van der Waals surface area contributed by atoms with Crippen LogP contribution in [0.4, 0.5) is 0 Å². The van der Waals surface area contributed by atoms with E-state index in [0.29, 0.717) is 0 Å². The van der Waals surface area contributed by atoms with Crippen LogP contribution in [0, 0.1) is 12.8 Å². The number of nitrogens with one attached hydrogen (secondary N) is 1. The molecule has 0 radical (unpaired) electrons. The molecule has 2 heterocycles. The zero-order valence-electron chi connectivity index (χ0n) is 10.8. The molecule has 0 saturated carbocycles. The highest BCUT2D eigenvalue weighted by Crippen LogP contribution is 2.25. The van der Waals surface area contributed by atoms with Gasteiger partial charge in [0, 0.05) is 18.5 Å². The molecule has 0 aliphatic carbocycles. The molecular formula is C14H18ClN3. The number of aryl methyl sites for hydroxylation is 2. The van der Waals surface area contributed by atoms with Crippen molar-refractivity contribution in [3.05, 3.63) is 28.5 Å². The van der Waals surface area contributed by atoms with Crippen molar-refractivity contribution in [1.29, 1.82) is 0 Å². The molecule has 96 valence electrons. The molecule has 1 aromatic heterocycles. The summed E-state index contributed by atoms with van der Waals surface area (Å²) in [5.74, 6) is 1.89. The fourth-order valence-electron chi connectivity index (χ4n) is 2.79. The van der Waals surface area contributed by atoms with Crippen LogP contribution in [0.5, 0.6) is 0 Å². The summed E-state index contributed by atoms with van der Waals surface area (Å²) in [6.45, 7) is 4.32. The van der Waals surface area contributed by atoms with Gasteiger partial charge in [-0.3, -0.25) is 0 Å². The quantitative estimate of drug-likeness (QED) is 0.903. The fourth-order valence-corrected chi connectivity index (χ4v) is 3.06. The molecule has 1 aromatic carbocycles. The van der Waals surface area contributed by atoms with Crippen molar-refractivity contribution in [2.24, 2.45) is 13.0 Å². The van der Waals surface area contributed by atoms with Gasteiger partial charge in [-0.25, -0.2) is 4.98 Å². The Balaban J connectivity index is 2.02. The Morgan fingerprint density at radius 1 is 1.50 bits per heavy atom. The normalized spacial score (nSPS) is 19.8. The van der Waals surface area contributed by atoms with Crippen LogP contribution in [-0.2, 0) is 13.5 Å². The lowest BCUT2D eigenvalue weighted by Crippen LogP contribution is -2.12. The summed E-state index contributed by atoms with van der Waals surface area (Å²) in [6.07, 6.45) is 2.30. The Morgan fingerprint density at radius 3 is 3.06 bits per heavy atom. The number of hydrogen-bond donors (Lipinski definition) is 1. The molecule has 1 aliphatic rings. The third kappa shape index (κ3) is 2.02. The van der Waals surface area contributed by atoms with Gasteiger partial charge in [0.2, 0.25) is 0 Å². The number of fused-ring (bicyclic) bond motifs is 1. The molecule has 2 aromatic rings. The molecule has 3 nitrogen and oxygen atoms in total. The van der Waals surface area contributed by atoms with Crippen LogP contribution in [0.25, 0.3) is 11.0 Å². The van der Waals surface area contributed by atoms with Crippen molar-refractivity contribution in [3.63, 3.8) is 0 Å². The molecule has 4 heteroatoms. The summed E-state index contributed by atoms with van der Waals surface area (Å²) in [7, 11) is 2.09. The Morgan fingerprint density at radius 2 is 2.33 bits per heavy atom. The number of hydrogen-bond acceptors (Lipinski definition) is 2. The van der Waals surface area contributed by atoms with Crippen LogP contribution >= 0.6 is 11.6 Å². The summed E-state index contributed by atoms with van der Waals surface area (Å²) in [5, 5.41) is 4.20. The zero-order chi connectivity index (χ0) is 12.7. The predicted octanol–water partition coefficient (Wildman–Crippen LogP) is 2.69. The van der Waals surface area contributed by atoms with E-state index in [1.54, 1.807) is 0 Å². The highest BCUT2D eigenvalue weighted by molar-refractivity contribution is 6.31. The van der Waals surface area contributed by atoms with E-state index in [2.05, 4.69) is 23.9 Å². The van der Waals surface area contributed by atoms with Crippen LogP contribution in [-0.4, -0.2) is 22.6 Å². The average molecular weight is 264 g/mol. The lowest BCUT2D eigenvalue weighted by molar-refractivity contribution is 0.552. The van der Waals surface area contributed by atoms with Gasteiger partial charge in [0.05, 0.1) is 11.0 Å². The first-order valence-electron chi connectivity index (χ1n) is 6.47. The number of benzene rings is 1. The highest BCUT2D eigenvalue weighted by Gasteiger charge is 2.18. The first-order chi connectivity index (χ1) is 8.65. The third-order valence-electron chi connectivity index (χ3n) is 3.87. The molecule has 1 fully saturated rings. The molecule has 1 atom stereocenters. The van der Waals surface area contributed by atoms with Crippen LogP contribution < -0.4 is 5.32 Å². The molecule has 1 aliphatic heterocycles. The summed E-state index contributed by atoms with van der Waals surface area (Å²) in [5.41, 5.74) is 3.38. The third-order valence-corrected chi connectivity index (χ3v) is 4.09. The second kappa shape index (κ2) is 4.56. The predicted molar refractivity (Wildman–Crippen MR) is 75.1 cm³/mol. The van der Waals surface area contributed by atoms with E-state index in [4.69, 9.17) is 16.6 Å². The van der Waals surface area contributed by atoms with Crippen LogP contribution in [0.1, 0.15) is 17.8 Å². The van der Waals surface area contributed by atoms with Gasteiger partial charge in [-0.2, -0.15) is 0 Å². The smallest absolute Gasteiger partial charge is 0.109 e. The fraction of sp³-hybridized carbons (Fsp3) is 0.500. The maximum Gasteiger partial charge on any atom is 0.109 e. The van der Waals surface area contributed by atoms with Gasteiger partial charge in [0.25, 0.3) is 0 Å². The number of halogens is 1. The summed E-state index contributed by atoms with van der Waals surface area (Å²) < 4.78 is 2.19. The minimum Gasteiger partial charge on any atom is -0.331 e. The second-order valence-electron chi connectivity index (χ2n) is 5.24. The molecule has 1 N–H and O–H groups in total. The molecule has 18 heavy (non-hydrogen) atoms. The molecular weight excluding hydrogens is 246 g/mol. The maximum absolute atomic E-state index is 6.12. The minimum absolute atomic E-state index is 0.719. The van der Waals surface area contributed by atoms with E-state index < -0.39 is 0 Å². The Bertz CT molecular complexity index is 582. The van der Waals surface area contributed by atoms with Crippen molar-refractivity contribution in [2.45, 2.75) is 19.8 Å². The minimum atomic E-state index is 0.719. The SMILES string of the molecule is Cc1cc(Cl)cc2c1nc(CC1CCNC1)n2C. The average Bonchev–Trinajstić information content (AvgIpc) is 2.91. The van der Waals surface area contributed by atoms with Crippen LogP contribution in [0.3, 0.4) is 0 Å². The van der Waals surface area contributed by atoms with E-state index in [0.717, 1.165) is 47.0 Å². The van der Waals surface area contributed by atoms with Crippen molar-refractivity contribution >= 4 is 22.6 Å². The first kappa shape index (κ1) is 12.0. The van der Waals surface area contributed by atoms with Gasteiger partial charge >= 0.3 is 0 Å². The maximum atomic E-state index is 6.12. The van der Waals surface area contributed by atoms with Gasteiger partial charge in [0.1, 0.15) is 5.82 Å². The summed E-state index contributed by atoms with van der Waals surface area (Å²) in [6, 6.07) is 3.99. The Kier molecular flexibility index (Phi) is 3.04. The van der Waals surface area contributed by atoms with Crippen molar-refractivity contribution < 1.29 is 0 Å². The van der Waals surface area contributed by atoms with Gasteiger partial charge in [-0.15, -0.1) is 0 Å². The van der Waals surface area contributed by atoms with Crippen molar-refractivity contribution in [1.82, 2.24) is 14.9 Å². The van der Waals surface area contributed by atoms with Gasteiger partial charge in [-0.1, -0.05) is 11.6 Å². The summed E-state index contributed by atoms with van der Waals surface area (Å²) in [4.78, 5) is 4.79. The van der Waals surface area contributed by atoms with Crippen molar-refractivity contribution in [3.8, 4) is 0 Å². The van der Waals surface area contributed by atoms with Gasteiger partial charge < -0.3 is 9.88 Å². The molecule has 1 saturated heterocycles. The van der Waals surface area contributed by atoms with E-state index in [1.807, 2.05) is 12.1 Å².